The third-order valence-corrected chi connectivity index (χ3v) is 2.56. The average Bonchev–Trinajstić information content (AvgIpc) is 2.43. The Morgan fingerprint density at radius 3 is 2.10 bits per heavy atom. The lowest BCUT2D eigenvalue weighted by atomic mass is 10.3. The van der Waals surface area contributed by atoms with E-state index in [9.17, 15) is 9.59 Å². The van der Waals surface area contributed by atoms with Gasteiger partial charge in [-0.2, -0.15) is 0 Å². The van der Waals surface area contributed by atoms with Crippen molar-refractivity contribution in [3.63, 3.8) is 0 Å². The maximum atomic E-state index is 11.8. The Hall–Kier alpha value is -2.24. The number of carbonyl (C=O) groups excluding carboxylic acids is 1. The highest BCUT2D eigenvalue weighted by atomic mass is 16.5. The largest absolute Gasteiger partial charge is 0.494 e. The maximum Gasteiger partial charge on any atom is 0.323 e. The number of aliphatic carboxylic acids is 1. The van der Waals surface area contributed by atoms with Crippen LogP contribution in [-0.4, -0.2) is 48.2 Å². The lowest BCUT2D eigenvalue weighted by Gasteiger charge is -2.18. The van der Waals surface area contributed by atoms with E-state index in [0.717, 1.165) is 5.75 Å². The van der Waals surface area contributed by atoms with E-state index in [2.05, 4.69) is 0 Å². The molecular formula is C14H19NO5. The molecule has 0 saturated carbocycles. The summed E-state index contributed by atoms with van der Waals surface area (Å²) in [7, 11) is 0. The first-order chi connectivity index (χ1) is 9.56. The fourth-order valence-corrected chi connectivity index (χ4v) is 1.57. The Morgan fingerprint density at radius 2 is 1.65 bits per heavy atom. The zero-order valence-corrected chi connectivity index (χ0v) is 11.7. The van der Waals surface area contributed by atoms with Crippen molar-refractivity contribution in [2.75, 3.05) is 26.3 Å². The molecule has 1 aromatic rings. The van der Waals surface area contributed by atoms with Gasteiger partial charge in [0.15, 0.2) is 6.61 Å². The molecule has 0 atom stereocenters. The van der Waals surface area contributed by atoms with Crippen molar-refractivity contribution < 1.29 is 24.2 Å². The van der Waals surface area contributed by atoms with Crippen LogP contribution < -0.4 is 9.47 Å². The second-order valence-corrected chi connectivity index (χ2v) is 3.99. The zero-order chi connectivity index (χ0) is 15.0. The number of ether oxygens (including phenoxy) is 2. The molecule has 0 radical (unpaired) electrons. The predicted molar refractivity (Wildman–Crippen MR) is 73.0 cm³/mol. The number of likely N-dealkylation sites (N-methyl/N-ethyl adjacent to an activating group) is 1. The van der Waals surface area contributed by atoms with Gasteiger partial charge in [-0.15, -0.1) is 0 Å². The molecule has 0 aliphatic carbocycles. The first-order valence-electron chi connectivity index (χ1n) is 6.42. The van der Waals surface area contributed by atoms with E-state index in [1.54, 1.807) is 31.2 Å². The molecule has 0 fully saturated rings. The smallest absolute Gasteiger partial charge is 0.323 e. The molecule has 1 aromatic carbocycles. The lowest BCUT2D eigenvalue weighted by molar-refractivity contribution is -0.145. The first-order valence-corrected chi connectivity index (χ1v) is 6.42. The van der Waals surface area contributed by atoms with Crippen LogP contribution in [0.5, 0.6) is 11.5 Å². The van der Waals surface area contributed by atoms with E-state index in [1.807, 2.05) is 6.92 Å². The van der Waals surface area contributed by atoms with Crippen LogP contribution in [0, 0.1) is 0 Å². The van der Waals surface area contributed by atoms with Gasteiger partial charge in [0.2, 0.25) is 0 Å². The number of hydrogen-bond donors (Lipinski definition) is 1. The fraction of sp³-hybridized carbons (Fsp3) is 0.429. The number of amides is 1. The minimum atomic E-state index is -1.04. The van der Waals surface area contributed by atoms with Crippen LogP contribution in [0.2, 0.25) is 0 Å². The Balaban J connectivity index is 2.48. The van der Waals surface area contributed by atoms with Crippen LogP contribution in [0.3, 0.4) is 0 Å². The Labute approximate surface area is 117 Å². The fourth-order valence-electron chi connectivity index (χ4n) is 1.57. The topological polar surface area (TPSA) is 76.1 Å². The summed E-state index contributed by atoms with van der Waals surface area (Å²) in [6, 6.07) is 6.90. The summed E-state index contributed by atoms with van der Waals surface area (Å²) in [5, 5.41) is 8.68. The molecular weight excluding hydrogens is 262 g/mol. The molecule has 0 saturated heterocycles. The summed E-state index contributed by atoms with van der Waals surface area (Å²) in [6.45, 7) is 4.02. The molecule has 110 valence electrons. The quantitative estimate of drug-likeness (QED) is 0.779. The van der Waals surface area contributed by atoms with Gasteiger partial charge < -0.3 is 19.5 Å². The normalized spacial score (nSPS) is 9.90. The highest BCUT2D eigenvalue weighted by Gasteiger charge is 2.15. The molecule has 0 unspecified atom stereocenters. The van der Waals surface area contributed by atoms with Crippen molar-refractivity contribution in [2.24, 2.45) is 0 Å². The van der Waals surface area contributed by atoms with Gasteiger partial charge >= 0.3 is 5.97 Å². The van der Waals surface area contributed by atoms with Gasteiger partial charge in [-0.3, -0.25) is 9.59 Å². The van der Waals surface area contributed by atoms with Crippen LogP contribution >= 0.6 is 0 Å². The van der Waals surface area contributed by atoms with Crippen molar-refractivity contribution in [3.05, 3.63) is 24.3 Å². The molecule has 1 N–H and O–H groups in total. The third kappa shape index (κ3) is 5.17. The second kappa shape index (κ2) is 8.04. The van der Waals surface area contributed by atoms with E-state index >= 15 is 0 Å². The Kier molecular flexibility index (Phi) is 6.36. The molecule has 1 rings (SSSR count). The van der Waals surface area contributed by atoms with E-state index < -0.39 is 5.97 Å². The van der Waals surface area contributed by atoms with Crippen LogP contribution in [0.4, 0.5) is 0 Å². The monoisotopic (exact) mass is 281 g/mol. The van der Waals surface area contributed by atoms with Gasteiger partial charge in [-0.05, 0) is 38.1 Å². The number of carboxylic acids is 1. The van der Waals surface area contributed by atoms with E-state index in [0.29, 0.717) is 18.9 Å². The van der Waals surface area contributed by atoms with Gasteiger partial charge in [0.25, 0.3) is 5.91 Å². The molecule has 0 heterocycles. The summed E-state index contributed by atoms with van der Waals surface area (Å²) in [4.78, 5) is 23.6. The molecule has 0 aliphatic rings. The van der Waals surface area contributed by atoms with E-state index in [4.69, 9.17) is 14.6 Å². The second-order valence-electron chi connectivity index (χ2n) is 3.99. The SMILES string of the molecule is CCOc1ccc(OCC(=O)N(CC)CC(=O)O)cc1. The molecule has 6 heteroatoms. The number of carbonyl (C=O) groups is 2. The molecule has 1 amide bonds. The third-order valence-electron chi connectivity index (χ3n) is 2.56. The zero-order valence-electron chi connectivity index (χ0n) is 11.7. The number of rotatable bonds is 8. The van der Waals surface area contributed by atoms with Crippen molar-refractivity contribution in [1.82, 2.24) is 4.90 Å². The standard InChI is InChI=1S/C14H19NO5/c1-3-15(9-14(17)18)13(16)10-20-12-7-5-11(6-8-12)19-4-2/h5-8H,3-4,9-10H2,1-2H3,(H,17,18). The molecule has 20 heavy (non-hydrogen) atoms. The van der Waals surface area contributed by atoms with Crippen molar-refractivity contribution >= 4 is 11.9 Å². The van der Waals surface area contributed by atoms with Crippen LogP contribution in [0.1, 0.15) is 13.8 Å². The van der Waals surface area contributed by atoms with Crippen molar-refractivity contribution in [1.29, 1.82) is 0 Å². The summed E-state index contributed by atoms with van der Waals surface area (Å²) in [6.07, 6.45) is 0. The first kappa shape index (κ1) is 15.8. The van der Waals surface area contributed by atoms with Gasteiger partial charge in [0.05, 0.1) is 6.61 Å². The van der Waals surface area contributed by atoms with Gasteiger partial charge in [-0.25, -0.2) is 0 Å². The maximum absolute atomic E-state index is 11.8. The Bertz CT molecular complexity index is 443. The molecule has 0 bridgehead atoms. The van der Waals surface area contributed by atoms with Gasteiger partial charge in [0, 0.05) is 6.54 Å². The number of hydrogen-bond acceptors (Lipinski definition) is 4. The highest BCUT2D eigenvalue weighted by Crippen LogP contribution is 2.17. The summed E-state index contributed by atoms with van der Waals surface area (Å²) < 4.78 is 10.6. The van der Waals surface area contributed by atoms with Gasteiger partial charge in [0.1, 0.15) is 18.0 Å². The highest BCUT2D eigenvalue weighted by molar-refractivity contribution is 5.82. The minimum Gasteiger partial charge on any atom is -0.494 e. The summed E-state index contributed by atoms with van der Waals surface area (Å²) in [5.41, 5.74) is 0. The summed E-state index contributed by atoms with van der Waals surface area (Å²) >= 11 is 0. The molecule has 0 aromatic heterocycles. The molecule has 6 nitrogen and oxygen atoms in total. The summed E-state index contributed by atoms with van der Waals surface area (Å²) in [5.74, 6) is -0.134. The number of benzene rings is 1. The van der Waals surface area contributed by atoms with Crippen LogP contribution in [0.15, 0.2) is 24.3 Å². The molecule has 0 aliphatic heterocycles. The number of nitrogens with zero attached hydrogens (tertiary/aromatic N) is 1. The average molecular weight is 281 g/mol. The van der Waals surface area contributed by atoms with E-state index in [1.165, 1.54) is 4.90 Å². The lowest BCUT2D eigenvalue weighted by Crippen LogP contribution is -2.38. The number of carboxylic acid groups (broad SMARTS) is 1. The van der Waals surface area contributed by atoms with Crippen LogP contribution in [0.25, 0.3) is 0 Å². The van der Waals surface area contributed by atoms with Crippen molar-refractivity contribution in [2.45, 2.75) is 13.8 Å². The predicted octanol–water partition coefficient (Wildman–Crippen LogP) is 1.40. The van der Waals surface area contributed by atoms with Crippen LogP contribution in [-0.2, 0) is 9.59 Å². The molecule has 0 spiro atoms. The van der Waals surface area contributed by atoms with Crippen molar-refractivity contribution in [3.8, 4) is 11.5 Å². The van der Waals surface area contributed by atoms with E-state index in [-0.39, 0.29) is 19.1 Å². The minimum absolute atomic E-state index is 0.185. The Morgan fingerprint density at radius 1 is 1.10 bits per heavy atom. The van der Waals surface area contributed by atoms with Gasteiger partial charge in [-0.1, -0.05) is 0 Å².